The number of aliphatic hydroxyl groups is 1. The normalized spacial score (nSPS) is 55.0. The first-order valence-electron chi connectivity index (χ1n) is 13.7. The molecule has 0 amide bonds. The molecule has 5 fully saturated rings. The Morgan fingerprint density at radius 3 is 2.09 bits per heavy atom. The number of fused-ring (bicyclic) bond motifs is 7. The molecule has 0 heterocycles. The number of aliphatic carboxylic acids is 1. The molecule has 33 heavy (non-hydrogen) atoms. The van der Waals surface area contributed by atoms with Crippen molar-refractivity contribution in [2.45, 2.75) is 112 Å². The summed E-state index contributed by atoms with van der Waals surface area (Å²) in [5, 5.41) is 21.3. The van der Waals surface area contributed by atoms with Crippen molar-refractivity contribution in [3.63, 3.8) is 0 Å². The third-order valence-electron chi connectivity index (χ3n) is 13.4. The van der Waals surface area contributed by atoms with E-state index in [2.05, 4.69) is 34.6 Å². The summed E-state index contributed by atoms with van der Waals surface area (Å²) >= 11 is 0. The van der Waals surface area contributed by atoms with E-state index >= 15 is 0 Å². The first kappa shape index (κ1) is 23.8. The second kappa shape index (κ2) is 7.08. The highest BCUT2D eigenvalue weighted by Gasteiger charge is 2.72. The molecule has 5 rings (SSSR count). The molecule has 0 aromatic rings. The molecule has 5 aliphatic carbocycles. The predicted octanol–water partition coefficient (Wildman–Crippen LogP) is 6.10. The Labute approximate surface area is 200 Å². The number of aliphatic hydroxyl groups excluding tert-OH is 1. The predicted molar refractivity (Wildman–Crippen MR) is 128 cm³/mol. The molecule has 2 N–H and O–H groups in total. The van der Waals surface area contributed by atoms with Crippen LogP contribution in [0, 0.1) is 56.7 Å². The molecular formula is C29H46O4. The molecule has 0 unspecified atom stereocenters. The van der Waals surface area contributed by atoms with E-state index < -0.39 is 11.4 Å². The van der Waals surface area contributed by atoms with Crippen molar-refractivity contribution in [1.82, 2.24) is 0 Å². The molecule has 4 heteroatoms. The van der Waals surface area contributed by atoms with Crippen molar-refractivity contribution in [1.29, 1.82) is 0 Å². The van der Waals surface area contributed by atoms with Crippen molar-refractivity contribution in [3.8, 4) is 0 Å². The van der Waals surface area contributed by atoms with Crippen LogP contribution in [-0.4, -0.2) is 28.1 Å². The standard InChI is InChI=1S/C29H46O4/c1-17(30)18-9-14-29(24(32)33)16-15-27(5)19(23(18)29)7-8-21-26(4)12-11-22(31)25(2,3)20(26)10-13-28(21,27)6/h18-23,31H,7-16H2,1-6H3,(H,32,33)/t18-,19-,20-,21+,22-,23-,26-,27+,28+,29-/m0/s1. The number of carbonyl (C=O) groups excluding carboxylic acids is 1. The van der Waals surface area contributed by atoms with Crippen LogP contribution >= 0.6 is 0 Å². The maximum absolute atomic E-state index is 12.7. The maximum atomic E-state index is 12.7. The number of carboxylic acids is 1. The fourth-order valence-electron chi connectivity index (χ4n) is 11.4. The van der Waals surface area contributed by atoms with E-state index in [-0.39, 0.29) is 45.4 Å². The van der Waals surface area contributed by atoms with Gasteiger partial charge in [0.25, 0.3) is 0 Å². The van der Waals surface area contributed by atoms with Crippen LogP contribution in [0.2, 0.25) is 0 Å². The SMILES string of the molecule is CC(=O)[C@@H]1CC[C@]2(C(=O)O)CC[C@]3(C)[C@@H](CC[C@@H]4[C@@]5(C)CC[C@H](O)C(C)(C)[C@@H]5CC[C@]43C)[C@H]12. The van der Waals surface area contributed by atoms with Crippen LogP contribution < -0.4 is 0 Å². The van der Waals surface area contributed by atoms with E-state index in [0.717, 1.165) is 51.4 Å². The first-order chi connectivity index (χ1) is 15.3. The van der Waals surface area contributed by atoms with Crippen molar-refractivity contribution in [3.05, 3.63) is 0 Å². The molecule has 5 saturated carbocycles. The average molecular weight is 459 g/mol. The fraction of sp³-hybridized carbons (Fsp3) is 0.931. The molecule has 0 radical (unpaired) electrons. The number of ketones is 1. The number of carbonyl (C=O) groups is 2. The summed E-state index contributed by atoms with van der Waals surface area (Å²) in [5.41, 5.74) is -0.287. The van der Waals surface area contributed by atoms with Crippen LogP contribution in [0.25, 0.3) is 0 Å². The Hall–Kier alpha value is -0.900. The van der Waals surface area contributed by atoms with E-state index in [1.165, 1.54) is 6.42 Å². The van der Waals surface area contributed by atoms with E-state index in [1.807, 2.05) is 0 Å². The highest BCUT2D eigenvalue weighted by Crippen LogP contribution is 2.77. The van der Waals surface area contributed by atoms with Gasteiger partial charge in [-0.05, 0) is 116 Å². The lowest BCUT2D eigenvalue weighted by atomic mass is 9.32. The van der Waals surface area contributed by atoms with Gasteiger partial charge in [-0.3, -0.25) is 9.59 Å². The van der Waals surface area contributed by atoms with Crippen molar-refractivity contribution in [2.75, 3.05) is 0 Å². The Morgan fingerprint density at radius 2 is 1.45 bits per heavy atom. The summed E-state index contributed by atoms with van der Waals surface area (Å²) in [6.07, 6.45) is 9.44. The molecule has 0 aliphatic heterocycles. The van der Waals surface area contributed by atoms with Crippen molar-refractivity contribution < 1.29 is 19.8 Å². The van der Waals surface area contributed by atoms with Gasteiger partial charge in [0.15, 0.2) is 0 Å². The topological polar surface area (TPSA) is 74.6 Å². The molecule has 0 bridgehead atoms. The van der Waals surface area contributed by atoms with Crippen molar-refractivity contribution in [2.24, 2.45) is 56.7 Å². The Bertz CT molecular complexity index is 864. The van der Waals surface area contributed by atoms with Gasteiger partial charge in [-0.25, -0.2) is 0 Å². The van der Waals surface area contributed by atoms with Crippen LogP contribution in [0.5, 0.6) is 0 Å². The number of hydrogen-bond acceptors (Lipinski definition) is 3. The second-order valence-electron chi connectivity index (χ2n) is 14.3. The van der Waals surface area contributed by atoms with Gasteiger partial charge in [0.2, 0.25) is 0 Å². The first-order valence-corrected chi connectivity index (χ1v) is 13.7. The summed E-state index contributed by atoms with van der Waals surface area (Å²) in [7, 11) is 0. The third kappa shape index (κ3) is 2.74. The highest BCUT2D eigenvalue weighted by atomic mass is 16.4. The number of hydrogen-bond donors (Lipinski definition) is 2. The van der Waals surface area contributed by atoms with Gasteiger partial charge in [-0.15, -0.1) is 0 Å². The molecule has 4 nitrogen and oxygen atoms in total. The van der Waals surface area contributed by atoms with Crippen LogP contribution in [0.1, 0.15) is 106 Å². The van der Waals surface area contributed by atoms with E-state index in [1.54, 1.807) is 6.92 Å². The molecule has 0 aromatic heterocycles. The smallest absolute Gasteiger partial charge is 0.309 e. The van der Waals surface area contributed by atoms with Crippen LogP contribution in [-0.2, 0) is 9.59 Å². The summed E-state index contributed by atoms with van der Waals surface area (Å²) in [4.78, 5) is 25.4. The number of carboxylic acid groups (broad SMARTS) is 1. The lowest BCUT2D eigenvalue weighted by Crippen LogP contribution is -2.67. The van der Waals surface area contributed by atoms with Gasteiger partial charge in [-0.2, -0.15) is 0 Å². The molecule has 0 spiro atoms. The minimum atomic E-state index is -0.693. The summed E-state index contributed by atoms with van der Waals surface area (Å²) < 4.78 is 0. The van der Waals surface area contributed by atoms with Gasteiger partial charge >= 0.3 is 5.97 Å². The molecule has 186 valence electrons. The van der Waals surface area contributed by atoms with Crippen LogP contribution in [0.15, 0.2) is 0 Å². The van der Waals surface area contributed by atoms with E-state index in [0.29, 0.717) is 24.2 Å². The minimum absolute atomic E-state index is 0.000765. The fourth-order valence-corrected chi connectivity index (χ4v) is 11.4. The van der Waals surface area contributed by atoms with Gasteiger partial charge in [-0.1, -0.05) is 34.6 Å². The Morgan fingerprint density at radius 1 is 0.758 bits per heavy atom. The molecule has 0 aromatic carbocycles. The van der Waals surface area contributed by atoms with Gasteiger partial charge < -0.3 is 10.2 Å². The second-order valence-corrected chi connectivity index (χ2v) is 14.3. The van der Waals surface area contributed by atoms with Gasteiger partial charge in [0, 0.05) is 5.92 Å². The summed E-state index contributed by atoms with van der Waals surface area (Å²) in [5.74, 6) is 0.932. The molecule has 5 aliphatic rings. The monoisotopic (exact) mass is 458 g/mol. The lowest BCUT2D eigenvalue weighted by Gasteiger charge is -2.72. The van der Waals surface area contributed by atoms with E-state index in [4.69, 9.17) is 0 Å². The Kier molecular flexibility index (Phi) is 5.11. The summed E-state index contributed by atoms with van der Waals surface area (Å²) in [6, 6.07) is 0. The molecular weight excluding hydrogens is 412 g/mol. The zero-order valence-corrected chi connectivity index (χ0v) is 21.7. The number of Topliss-reactive ketones (excluding diaryl/α,β-unsaturated/α-hetero) is 1. The largest absolute Gasteiger partial charge is 0.481 e. The van der Waals surface area contributed by atoms with Gasteiger partial charge in [0.1, 0.15) is 5.78 Å². The zero-order valence-electron chi connectivity index (χ0n) is 21.7. The number of rotatable bonds is 2. The quantitative estimate of drug-likeness (QED) is 0.524. The average Bonchev–Trinajstić information content (AvgIpc) is 3.13. The zero-order chi connectivity index (χ0) is 24.2. The Balaban J connectivity index is 1.57. The maximum Gasteiger partial charge on any atom is 0.309 e. The van der Waals surface area contributed by atoms with Crippen LogP contribution in [0.4, 0.5) is 0 Å². The van der Waals surface area contributed by atoms with E-state index in [9.17, 15) is 19.8 Å². The minimum Gasteiger partial charge on any atom is -0.481 e. The highest BCUT2D eigenvalue weighted by molar-refractivity contribution is 5.83. The van der Waals surface area contributed by atoms with Crippen LogP contribution in [0.3, 0.4) is 0 Å². The van der Waals surface area contributed by atoms with Gasteiger partial charge in [0.05, 0.1) is 11.5 Å². The third-order valence-corrected chi connectivity index (χ3v) is 13.4. The van der Waals surface area contributed by atoms with Crippen molar-refractivity contribution >= 4 is 11.8 Å². The summed E-state index contributed by atoms with van der Waals surface area (Å²) in [6.45, 7) is 13.8. The molecule has 10 atom stereocenters. The molecule has 0 saturated heterocycles. The lowest BCUT2D eigenvalue weighted by molar-refractivity contribution is -0.248.